The maximum atomic E-state index is 12.0. The summed E-state index contributed by atoms with van der Waals surface area (Å²) in [6.07, 6.45) is 1.42. The zero-order chi connectivity index (χ0) is 14.4. The minimum absolute atomic E-state index is 0.0874. The third-order valence-corrected chi connectivity index (χ3v) is 3.47. The number of nitrogens with zero attached hydrogens (tertiary/aromatic N) is 2. The van der Waals surface area contributed by atoms with Crippen LogP contribution in [0.3, 0.4) is 0 Å². The van der Waals surface area contributed by atoms with E-state index in [2.05, 4.69) is 20.5 Å². The Morgan fingerprint density at radius 1 is 1.45 bits per heavy atom. The van der Waals surface area contributed by atoms with Crippen molar-refractivity contribution in [3.05, 3.63) is 30.6 Å². The lowest BCUT2D eigenvalue weighted by Crippen LogP contribution is -2.22. The third-order valence-electron chi connectivity index (χ3n) is 2.48. The number of hydrogen-bond donors (Lipinski definition) is 2. The number of carbonyl (C=O) groups excluding carboxylic acids is 1. The van der Waals surface area contributed by atoms with Gasteiger partial charge in [-0.05, 0) is 38.1 Å². The quantitative estimate of drug-likeness (QED) is 0.799. The van der Waals surface area contributed by atoms with Crippen LogP contribution in [0.2, 0.25) is 0 Å². The summed E-state index contributed by atoms with van der Waals surface area (Å²) in [4.78, 5) is 16.0. The van der Waals surface area contributed by atoms with Crippen molar-refractivity contribution in [2.45, 2.75) is 24.3 Å². The lowest BCUT2D eigenvalue weighted by Gasteiger charge is -2.11. The van der Waals surface area contributed by atoms with Crippen LogP contribution in [0, 0.1) is 0 Å². The van der Waals surface area contributed by atoms with E-state index >= 15 is 0 Å². The molecule has 0 saturated heterocycles. The summed E-state index contributed by atoms with van der Waals surface area (Å²) >= 11 is 1.32. The number of benzene rings is 1. The van der Waals surface area contributed by atoms with Crippen LogP contribution in [0.1, 0.15) is 13.8 Å². The molecule has 7 heteroatoms. The van der Waals surface area contributed by atoms with Crippen molar-refractivity contribution in [2.75, 3.05) is 11.9 Å². The third kappa shape index (κ3) is 3.99. The topological polar surface area (TPSA) is 79.9 Å². The molecule has 2 N–H and O–H groups in total. The molecule has 2 rings (SSSR count). The number of rotatable bonds is 6. The molecule has 0 spiro atoms. The van der Waals surface area contributed by atoms with Crippen LogP contribution < -0.4 is 10.1 Å². The molecule has 1 amide bonds. The molecule has 1 aromatic heterocycles. The van der Waals surface area contributed by atoms with Crippen molar-refractivity contribution in [3.63, 3.8) is 0 Å². The lowest BCUT2D eigenvalue weighted by molar-refractivity contribution is -0.115. The number of amides is 1. The summed E-state index contributed by atoms with van der Waals surface area (Å²) in [6.45, 7) is 4.37. The molecule has 0 aliphatic carbocycles. The largest absolute Gasteiger partial charge is 0.494 e. The first-order chi connectivity index (χ1) is 9.69. The predicted molar refractivity (Wildman–Crippen MR) is 77.9 cm³/mol. The molecule has 1 heterocycles. The maximum Gasteiger partial charge on any atom is 0.237 e. The second-order valence-electron chi connectivity index (χ2n) is 4.00. The summed E-state index contributed by atoms with van der Waals surface area (Å²) in [7, 11) is 0. The van der Waals surface area contributed by atoms with E-state index in [-0.39, 0.29) is 11.2 Å². The highest BCUT2D eigenvalue weighted by atomic mass is 32.2. The molecule has 0 aliphatic heterocycles. The highest BCUT2D eigenvalue weighted by Gasteiger charge is 2.15. The van der Waals surface area contributed by atoms with Gasteiger partial charge >= 0.3 is 0 Å². The molecule has 0 aliphatic rings. The monoisotopic (exact) mass is 292 g/mol. The van der Waals surface area contributed by atoms with E-state index in [1.165, 1.54) is 18.1 Å². The molecule has 2 aromatic rings. The number of anilines is 1. The number of hydrogen-bond acceptors (Lipinski definition) is 5. The molecule has 6 nitrogen and oxygen atoms in total. The first-order valence-corrected chi connectivity index (χ1v) is 7.12. The normalized spacial score (nSPS) is 11.9. The zero-order valence-electron chi connectivity index (χ0n) is 11.3. The van der Waals surface area contributed by atoms with Crippen LogP contribution in [0.4, 0.5) is 5.69 Å². The van der Waals surface area contributed by atoms with Gasteiger partial charge < -0.3 is 10.1 Å². The van der Waals surface area contributed by atoms with Gasteiger partial charge in [-0.25, -0.2) is 4.98 Å². The number of H-pyrrole nitrogens is 1. The van der Waals surface area contributed by atoms with Gasteiger partial charge in [-0.2, -0.15) is 5.10 Å². The fraction of sp³-hybridized carbons (Fsp3) is 0.308. The van der Waals surface area contributed by atoms with E-state index in [4.69, 9.17) is 4.74 Å². The van der Waals surface area contributed by atoms with Crippen molar-refractivity contribution in [1.82, 2.24) is 15.2 Å². The van der Waals surface area contributed by atoms with Crippen LogP contribution in [0.15, 0.2) is 35.7 Å². The fourth-order valence-electron chi connectivity index (χ4n) is 1.52. The maximum absolute atomic E-state index is 12.0. The first-order valence-electron chi connectivity index (χ1n) is 6.24. The van der Waals surface area contributed by atoms with Gasteiger partial charge in [-0.1, -0.05) is 11.8 Å². The molecule has 0 saturated carbocycles. The molecule has 20 heavy (non-hydrogen) atoms. The number of carbonyl (C=O) groups is 1. The molecular formula is C13H16N4O2S. The second-order valence-corrected chi connectivity index (χ2v) is 5.33. The number of ether oxygens (including phenoxy) is 1. The highest BCUT2D eigenvalue weighted by molar-refractivity contribution is 8.00. The minimum Gasteiger partial charge on any atom is -0.494 e. The van der Waals surface area contributed by atoms with Gasteiger partial charge in [-0.15, -0.1) is 0 Å². The Bertz CT molecular complexity index is 542. The summed E-state index contributed by atoms with van der Waals surface area (Å²) in [5.74, 6) is 0.699. The Hall–Kier alpha value is -2.02. The Labute approximate surface area is 121 Å². The summed E-state index contributed by atoms with van der Waals surface area (Å²) < 4.78 is 5.35. The molecule has 0 radical (unpaired) electrons. The summed E-state index contributed by atoms with van der Waals surface area (Å²) in [5.41, 5.74) is 0.739. The van der Waals surface area contributed by atoms with Crippen LogP contribution in [0.5, 0.6) is 5.75 Å². The average Bonchev–Trinajstić information content (AvgIpc) is 2.94. The number of aromatic amines is 1. The molecule has 106 valence electrons. The molecule has 1 atom stereocenters. The number of aromatic nitrogens is 3. The second kappa shape index (κ2) is 6.95. The average molecular weight is 292 g/mol. The Balaban J connectivity index is 1.90. The van der Waals surface area contributed by atoms with E-state index < -0.39 is 0 Å². The van der Waals surface area contributed by atoms with Crippen LogP contribution >= 0.6 is 11.8 Å². The molecule has 0 bridgehead atoms. The van der Waals surface area contributed by atoms with Gasteiger partial charge in [0.15, 0.2) is 5.16 Å². The Morgan fingerprint density at radius 2 is 2.20 bits per heavy atom. The predicted octanol–water partition coefficient (Wildman–Crippen LogP) is 2.32. The molecule has 0 fully saturated rings. The fourth-order valence-corrected chi connectivity index (χ4v) is 2.23. The van der Waals surface area contributed by atoms with Crippen molar-refractivity contribution < 1.29 is 9.53 Å². The van der Waals surface area contributed by atoms with Gasteiger partial charge in [0.25, 0.3) is 0 Å². The Kier molecular flexibility index (Phi) is 5.00. The van der Waals surface area contributed by atoms with Crippen LogP contribution in [-0.4, -0.2) is 32.9 Å². The number of thioether (sulfide) groups is 1. The highest BCUT2D eigenvalue weighted by Crippen LogP contribution is 2.21. The first kappa shape index (κ1) is 14.4. The molecule has 1 aromatic carbocycles. The Morgan fingerprint density at radius 3 is 2.80 bits per heavy atom. The van der Waals surface area contributed by atoms with Crippen molar-refractivity contribution in [2.24, 2.45) is 0 Å². The lowest BCUT2D eigenvalue weighted by atomic mass is 10.3. The molecule has 1 unspecified atom stereocenters. The molecular weight excluding hydrogens is 276 g/mol. The van der Waals surface area contributed by atoms with Gasteiger partial charge in [0.1, 0.15) is 12.1 Å². The van der Waals surface area contributed by atoms with E-state index in [0.29, 0.717) is 11.8 Å². The van der Waals surface area contributed by atoms with Crippen LogP contribution in [-0.2, 0) is 4.79 Å². The zero-order valence-corrected chi connectivity index (χ0v) is 12.1. The van der Waals surface area contributed by atoms with Crippen LogP contribution in [0.25, 0.3) is 0 Å². The van der Waals surface area contributed by atoms with Crippen molar-refractivity contribution in [1.29, 1.82) is 0 Å². The van der Waals surface area contributed by atoms with E-state index in [9.17, 15) is 4.79 Å². The summed E-state index contributed by atoms with van der Waals surface area (Å²) in [6, 6.07) is 7.28. The van der Waals surface area contributed by atoms with Crippen molar-refractivity contribution >= 4 is 23.4 Å². The van der Waals surface area contributed by atoms with E-state index in [1.807, 2.05) is 38.1 Å². The minimum atomic E-state index is -0.269. The SMILES string of the molecule is CCOc1ccc(NC(=O)C(C)Sc2ncn[nH]2)cc1. The van der Waals surface area contributed by atoms with E-state index in [0.717, 1.165) is 11.4 Å². The number of nitrogens with one attached hydrogen (secondary N) is 2. The van der Waals surface area contributed by atoms with Gasteiger partial charge in [-0.3, -0.25) is 9.89 Å². The van der Waals surface area contributed by atoms with Gasteiger partial charge in [0.2, 0.25) is 5.91 Å². The smallest absolute Gasteiger partial charge is 0.237 e. The van der Waals surface area contributed by atoms with Gasteiger partial charge in [0, 0.05) is 5.69 Å². The standard InChI is InChI=1S/C13H16N4O2S/c1-3-19-11-6-4-10(5-7-11)16-12(18)9(2)20-13-14-8-15-17-13/h4-9H,3H2,1-2H3,(H,16,18)(H,14,15,17). The van der Waals surface area contributed by atoms with E-state index in [1.54, 1.807) is 0 Å². The van der Waals surface area contributed by atoms with Crippen molar-refractivity contribution in [3.8, 4) is 5.75 Å². The van der Waals surface area contributed by atoms with Gasteiger partial charge in [0.05, 0.1) is 11.9 Å². The summed E-state index contributed by atoms with van der Waals surface area (Å²) in [5, 5.41) is 9.66.